The number of Topliss-reactive ketones (excluding diaryl/α,β-unsaturated/α-hetero) is 1. The highest BCUT2D eigenvalue weighted by Gasteiger charge is 2.46. The lowest BCUT2D eigenvalue weighted by atomic mass is 9.94. The van der Waals surface area contributed by atoms with Crippen LogP contribution < -0.4 is 9.47 Å². The number of aliphatic hydroxyl groups excluding tert-OH is 1. The van der Waals surface area contributed by atoms with Crippen molar-refractivity contribution in [3.63, 3.8) is 0 Å². The minimum Gasteiger partial charge on any atom is -0.507 e. The minimum absolute atomic E-state index is 0.0412. The van der Waals surface area contributed by atoms with Crippen LogP contribution in [0.3, 0.4) is 0 Å². The number of rotatable bonds is 7. The lowest BCUT2D eigenvalue weighted by Crippen LogP contribution is -2.30. The van der Waals surface area contributed by atoms with Crippen LogP contribution in [0.4, 0.5) is 0 Å². The normalized spacial score (nSPS) is 17.8. The summed E-state index contributed by atoms with van der Waals surface area (Å²) in [6.07, 6.45) is 0.514. The Morgan fingerprint density at radius 2 is 1.78 bits per heavy atom. The van der Waals surface area contributed by atoms with E-state index in [0.29, 0.717) is 24.3 Å². The van der Waals surface area contributed by atoms with Gasteiger partial charge in [-0.15, -0.1) is 0 Å². The molecule has 1 saturated heterocycles. The molecule has 1 fully saturated rings. The summed E-state index contributed by atoms with van der Waals surface area (Å²) in [5.41, 5.74) is 0.782. The molecule has 32 heavy (non-hydrogen) atoms. The number of ether oxygens (including phenoxy) is 2. The second-order valence-electron chi connectivity index (χ2n) is 7.67. The molecule has 0 aliphatic carbocycles. The Hall–Kier alpha value is -2.70. The van der Waals surface area contributed by atoms with E-state index in [-0.39, 0.29) is 38.8 Å². The molecule has 170 valence electrons. The molecule has 0 saturated carbocycles. The number of methoxy groups -OCH3 is 1. The number of halogens is 2. The number of nitrogens with zero attached hydrogens (tertiary/aromatic N) is 1. The van der Waals surface area contributed by atoms with Crippen LogP contribution in [0.25, 0.3) is 5.76 Å². The van der Waals surface area contributed by atoms with Crippen molar-refractivity contribution in [1.29, 1.82) is 0 Å². The molecular formula is C24H25Cl2NO5. The highest BCUT2D eigenvalue weighted by atomic mass is 35.5. The van der Waals surface area contributed by atoms with Crippen molar-refractivity contribution in [2.45, 2.75) is 39.3 Å². The molecule has 1 unspecified atom stereocenters. The predicted octanol–water partition coefficient (Wildman–Crippen LogP) is 5.62. The largest absolute Gasteiger partial charge is 0.507 e. The summed E-state index contributed by atoms with van der Waals surface area (Å²) in [4.78, 5) is 27.4. The maximum Gasteiger partial charge on any atom is 0.295 e. The molecule has 0 aromatic heterocycles. The van der Waals surface area contributed by atoms with Gasteiger partial charge in [0.15, 0.2) is 5.75 Å². The maximum absolute atomic E-state index is 13.1. The molecule has 2 aromatic carbocycles. The zero-order chi connectivity index (χ0) is 23.6. The molecule has 0 radical (unpaired) electrons. The number of hydrogen-bond acceptors (Lipinski definition) is 5. The Morgan fingerprint density at radius 3 is 2.34 bits per heavy atom. The van der Waals surface area contributed by atoms with Crippen molar-refractivity contribution in [2.24, 2.45) is 0 Å². The number of benzene rings is 2. The molecule has 8 heteroatoms. The summed E-state index contributed by atoms with van der Waals surface area (Å²) >= 11 is 12.5. The smallest absolute Gasteiger partial charge is 0.295 e. The lowest BCUT2D eigenvalue weighted by molar-refractivity contribution is -0.139. The zero-order valence-corrected chi connectivity index (χ0v) is 19.8. The topological polar surface area (TPSA) is 76.1 Å². The molecule has 0 bridgehead atoms. The third-order valence-corrected chi connectivity index (χ3v) is 5.62. The summed E-state index contributed by atoms with van der Waals surface area (Å²) in [6.45, 7) is 6.03. The molecule has 0 spiro atoms. The van der Waals surface area contributed by atoms with E-state index >= 15 is 0 Å². The number of hydrogen-bond donors (Lipinski definition) is 1. The number of amides is 1. The van der Waals surface area contributed by atoms with Crippen LogP contribution in [0, 0.1) is 0 Å². The monoisotopic (exact) mass is 477 g/mol. The fourth-order valence-electron chi connectivity index (χ4n) is 3.79. The number of aliphatic hydroxyl groups is 1. The molecule has 1 aliphatic heterocycles. The van der Waals surface area contributed by atoms with Crippen LogP contribution in [0.5, 0.6) is 11.5 Å². The summed E-state index contributed by atoms with van der Waals surface area (Å²) in [5, 5.41) is 11.5. The number of para-hydroxylation sites is 1. The summed E-state index contributed by atoms with van der Waals surface area (Å²) in [6, 6.07) is 9.27. The Kier molecular flexibility index (Phi) is 7.36. The van der Waals surface area contributed by atoms with Gasteiger partial charge in [0, 0.05) is 17.7 Å². The number of likely N-dealkylation sites (tertiary alicyclic amines) is 1. The maximum atomic E-state index is 13.1. The summed E-state index contributed by atoms with van der Waals surface area (Å²) in [7, 11) is 1.43. The predicted molar refractivity (Wildman–Crippen MR) is 125 cm³/mol. The summed E-state index contributed by atoms with van der Waals surface area (Å²) < 4.78 is 11.1. The van der Waals surface area contributed by atoms with E-state index in [4.69, 9.17) is 32.7 Å². The molecular weight excluding hydrogens is 453 g/mol. The van der Waals surface area contributed by atoms with Gasteiger partial charge in [0.1, 0.15) is 11.5 Å². The Balaban J connectivity index is 2.25. The molecule has 1 amide bonds. The van der Waals surface area contributed by atoms with E-state index in [1.54, 1.807) is 18.2 Å². The van der Waals surface area contributed by atoms with E-state index in [2.05, 4.69) is 0 Å². The highest BCUT2D eigenvalue weighted by molar-refractivity contribution is 6.46. The Bertz CT molecular complexity index is 1060. The number of carbonyl (C=O) groups excluding carboxylic acids is 2. The first kappa shape index (κ1) is 24.0. The van der Waals surface area contributed by atoms with Gasteiger partial charge < -0.3 is 19.5 Å². The second kappa shape index (κ2) is 9.84. The van der Waals surface area contributed by atoms with E-state index in [1.807, 2.05) is 26.8 Å². The molecule has 1 N–H and O–H groups in total. The van der Waals surface area contributed by atoms with Crippen LogP contribution in [-0.4, -0.2) is 41.5 Å². The highest BCUT2D eigenvalue weighted by Crippen LogP contribution is 2.44. The number of ketones is 1. The first-order valence-electron chi connectivity index (χ1n) is 10.3. The van der Waals surface area contributed by atoms with Crippen LogP contribution in [0.15, 0.2) is 42.0 Å². The van der Waals surface area contributed by atoms with Gasteiger partial charge in [0.2, 0.25) is 0 Å². The molecule has 3 rings (SSSR count). The van der Waals surface area contributed by atoms with E-state index in [1.165, 1.54) is 24.1 Å². The fraction of sp³-hybridized carbons (Fsp3) is 0.333. The van der Waals surface area contributed by atoms with Crippen LogP contribution in [-0.2, 0) is 9.59 Å². The van der Waals surface area contributed by atoms with Gasteiger partial charge in [0.25, 0.3) is 11.7 Å². The first-order chi connectivity index (χ1) is 15.2. The van der Waals surface area contributed by atoms with Crippen LogP contribution >= 0.6 is 23.2 Å². The van der Waals surface area contributed by atoms with Gasteiger partial charge in [-0.05, 0) is 38.5 Å². The van der Waals surface area contributed by atoms with Gasteiger partial charge in [-0.2, -0.15) is 0 Å². The molecule has 6 nitrogen and oxygen atoms in total. The van der Waals surface area contributed by atoms with E-state index < -0.39 is 17.7 Å². The van der Waals surface area contributed by atoms with Crippen molar-refractivity contribution in [2.75, 3.05) is 13.7 Å². The SMILES string of the molecule is CCCN1C(=O)C(=O)/C(=C(/O)c2cc(Cl)c(OC)c(Cl)c2)C1c1ccccc1OC(C)C. The zero-order valence-electron chi connectivity index (χ0n) is 18.3. The molecule has 1 aliphatic rings. The molecule has 1 atom stereocenters. The lowest BCUT2D eigenvalue weighted by Gasteiger charge is -2.27. The fourth-order valence-corrected chi connectivity index (χ4v) is 4.43. The van der Waals surface area contributed by atoms with Crippen molar-refractivity contribution in [1.82, 2.24) is 4.90 Å². The Morgan fingerprint density at radius 1 is 1.16 bits per heavy atom. The molecule has 1 heterocycles. The van der Waals surface area contributed by atoms with Gasteiger partial charge >= 0.3 is 0 Å². The third kappa shape index (κ3) is 4.43. The van der Waals surface area contributed by atoms with Gasteiger partial charge in [0.05, 0.1) is 34.9 Å². The average Bonchev–Trinajstić information content (AvgIpc) is 2.98. The van der Waals surface area contributed by atoms with Gasteiger partial charge in [-0.25, -0.2) is 0 Å². The summed E-state index contributed by atoms with van der Waals surface area (Å²) in [5.74, 6) is -1.03. The first-order valence-corrected chi connectivity index (χ1v) is 11.0. The molecule has 2 aromatic rings. The van der Waals surface area contributed by atoms with E-state index in [0.717, 1.165) is 0 Å². The van der Waals surface area contributed by atoms with Crippen molar-refractivity contribution >= 4 is 40.7 Å². The van der Waals surface area contributed by atoms with Crippen molar-refractivity contribution in [3.8, 4) is 11.5 Å². The van der Waals surface area contributed by atoms with Crippen molar-refractivity contribution < 1.29 is 24.2 Å². The van der Waals surface area contributed by atoms with Crippen LogP contribution in [0.1, 0.15) is 44.4 Å². The Labute approximate surface area is 197 Å². The second-order valence-corrected chi connectivity index (χ2v) is 8.48. The van der Waals surface area contributed by atoms with Gasteiger partial charge in [-0.3, -0.25) is 9.59 Å². The van der Waals surface area contributed by atoms with Crippen molar-refractivity contribution in [3.05, 3.63) is 63.1 Å². The quantitative estimate of drug-likeness (QED) is 0.318. The van der Waals surface area contributed by atoms with Crippen LogP contribution in [0.2, 0.25) is 10.0 Å². The van der Waals surface area contributed by atoms with Gasteiger partial charge in [-0.1, -0.05) is 48.3 Å². The number of carbonyl (C=O) groups is 2. The standard InChI is InChI=1S/C24H25Cl2NO5/c1-5-10-27-20(15-8-6-7-9-18(15)32-13(2)3)19(22(29)24(27)30)21(28)14-11-16(25)23(31-4)17(26)12-14/h6-9,11-13,20,28H,5,10H2,1-4H3/b21-19+. The average molecular weight is 478 g/mol. The minimum atomic E-state index is -0.815. The van der Waals surface area contributed by atoms with E-state index in [9.17, 15) is 14.7 Å². The third-order valence-electron chi connectivity index (χ3n) is 5.06.